The highest BCUT2D eigenvalue weighted by Gasteiger charge is 2.15. The van der Waals surface area contributed by atoms with Crippen molar-refractivity contribution in [3.63, 3.8) is 0 Å². The summed E-state index contributed by atoms with van der Waals surface area (Å²) in [6, 6.07) is 3.58. The Morgan fingerprint density at radius 3 is 2.39 bits per heavy atom. The fourth-order valence-corrected chi connectivity index (χ4v) is 2.12. The average Bonchev–Trinajstić information content (AvgIpc) is 2.32. The third-order valence-electron chi connectivity index (χ3n) is 3.11. The van der Waals surface area contributed by atoms with E-state index in [0.717, 1.165) is 37.7 Å². The van der Waals surface area contributed by atoms with Crippen LogP contribution in [0.3, 0.4) is 0 Å². The van der Waals surface area contributed by atoms with Crippen molar-refractivity contribution in [3.8, 4) is 0 Å². The van der Waals surface area contributed by atoms with Crippen molar-refractivity contribution in [1.82, 2.24) is 0 Å². The molecule has 4 N–H and O–H groups in total. The minimum Gasteiger partial charge on any atom is -0.399 e. The lowest BCUT2D eigenvalue weighted by molar-refractivity contribution is 0.0979. The van der Waals surface area contributed by atoms with Crippen LogP contribution in [-0.2, 0) is 6.42 Å². The molecule has 0 spiro atoms. The van der Waals surface area contributed by atoms with Gasteiger partial charge in [0.1, 0.15) is 0 Å². The lowest BCUT2D eigenvalue weighted by Crippen LogP contribution is -2.09. The average molecular weight is 248 g/mol. The number of unbranched alkanes of at least 4 members (excludes halogenated alkanes) is 2. The zero-order chi connectivity index (χ0) is 13.5. The van der Waals surface area contributed by atoms with Gasteiger partial charge in [-0.25, -0.2) is 0 Å². The lowest BCUT2D eigenvalue weighted by Gasteiger charge is -2.12. The number of nitrogen functional groups attached to an aromatic ring is 2. The van der Waals surface area contributed by atoms with Crippen molar-refractivity contribution in [2.24, 2.45) is 0 Å². The van der Waals surface area contributed by atoms with Gasteiger partial charge in [-0.05, 0) is 37.0 Å². The molecule has 1 rings (SSSR count). The number of nitrogens with two attached hydrogens (primary N) is 2. The molecule has 0 atom stereocenters. The number of benzene rings is 1. The van der Waals surface area contributed by atoms with Gasteiger partial charge < -0.3 is 11.5 Å². The first-order valence-electron chi connectivity index (χ1n) is 6.81. The van der Waals surface area contributed by atoms with Crippen molar-refractivity contribution >= 4 is 17.2 Å². The van der Waals surface area contributed by atoms with Crippen LogP contribution >= 0.6 is 0 Å². The van der Waals surface area contributed by atoms with E-state index in [0.29, 0.717) is 23.4 Å². The normalized spacial score (nSPS) is 10.6. The first-order valence-corrected chi connectivity index (χ1v) is 6.81. The predicted octanol–water partition coefficient (Wildman–Crippen LogP) is 3.57. The molecule has 0 unspecified atom stereocenters. The minimum atomic E-state index is 0.153. The van der Waals surface area contributed by atoms with Gasteiger partial charge in [0, 0.05) is 23.4 Å². The maximum absolute atomic E-state index is 12.2. The Hall–Kier alpha value is -1.51. The van der Waals surface area contributed by atoms with Crippen LogP contribution in [0.5, 0.6) is 0 Å². The molecule has 3 heteroatoms. The molecular formula is C15H24N2O. The lowest BCUT2D eigenvalue weighted by atomic mass is 9.94. The maximum Gasteiger partial charge on any atom is 0.165 e. The summed E-state index contributed by atoms with van der Waals surface area (Å²) in [4.78, 5) is 12.2. The van der Waals surface area contributed by atoms with Gasteiger partial charge in [-0.1, -0.05) is 26.7 Å². The second kappa shape index (κ2) is 7.04. The molecule has 0 saturated carbocycles. The minimum absolute atomic E-state index is 0.153. The third kappa shape index (κ3) is 3.76. The fourth-order valence-electron chi connectivity index (χ4n) is 2.12. The Bertz CT molecular complexity index is 413. The predicted molar refractivity (Wildman–Crippen MR) is 77.7 cm³/mol. The molecule has 0 aliphatic heterocycles. The van der Waals surface area contributed by atoms with Crippen LogP contribution in [0.25, 0.3) is 0 Å². The van der Waals surface area contributed by atoms with Crippen LogP contribution in [0, 0.1) is 0 Å². The first-order chi connectivity index (χ1) is 8.60. The first kappa shape index (κ1) is 14.6. The Morgan fingerprint density at radius 2 is 1.78 bits per heavy atom. The molecule has 0 amide bonds. The van der Waals surface area contributed by atoms with Crippen LogP contribution < -0.4 is 11.5 Å². The molecule has 0 saturated heterocycles. The monoisotopic (exact) mass is 248 g/mol. The summed E-state index contributed by atoms with van der Waals surface area (Å²) in [5, 5.41) is 0. The van der Waals surface area contributed by atoms with Crippen LogP contribution in [0.2, 0.25) is 0 Å². The van der Waals surface area contributed by atoms with Crippen molar-refractivity contribution in [1.29, 1.82) is 0 Å². The molecule has 1 aromatic carbocycles. The van der Waals surface area contributed by atoms with Gasteiger partial charge in [-0.3, -0.25) is 4.79 Å². The number of anilines is 2. The molecule has 0 aromatic heterocycles. The molecule has 0 aliphatic rings. The molecule has 18 heavy (non-hydrogen) atoms. The number of carbonyl (C=O) groups is 1. The van der Waals surface area contributed by atoms with Gasteiger partial charge in [-0.15, -0.1) is 0 Å². The van der Waals surface area contributed by atoms with Crippen LogP contribution in [0.15, 0.2) is 12.1 Å². The Balaban J connectivity index is 3.02. The number of hydrogen-bond donors (Lipinski definition) is 2. The number of hydrogen-bond acceptors (Lipinski definition) is 3. The van der Waals surface area contributed by atoms with E-state index < -0.39 is 0 Å². The van der Waals surface area contributed by atoms with Gasteiger partial charge >= 0.3 is 0 Å². The highest BCUT2D eigenvalue weighted by molar-refractivity contribution is 6.02. The van der Waals surface area contributed by atoms with Gasteiger partial charge in [0.2, 0.25) is 0 Å². The number of carbonyl (C=O) groups excluding carboxylic acids is 1. The Kier molecular flexibility index (Phi) is 5.69. The van der Waals surface area contributed by atoms with E-state index in [1.54, 1.807) is 6.07 Å². The number of Topliss-reactive ketones (excluding diaryl/α,β-unsaturated/α-hetero) is 1. The molecular weight excluding hydrogens is 224 g/mol. The summed E-state index contributed by atoms with van der Waals surface area (Å²) in [7, 11) is 0. The second-order valence-corrected chi connectivity index (χ2v) is 4.77. The zero-order valence-corrected chi connectivity index (χ0v) is 11.5. The second-order valence-electron chi connectivity index (χ2n) is 4.77. The van der Waals surface area contributed by atoms with E-state index >= 15 is 0 Å². The molecule has 0 fully saturated rings. The summed E-state index contributed by atoms with van der Waals surface area (Å²) in [6.07, 6.45) is 5.53. The van der Waals surface area contributed by atoms with Crippen molar-refractivity contribution in [3.05, 3.63) is 23.3 Å². The maximum atomic E-state index is 12.2. The quantitative estimate of drug-likeness (QED) is 0.572. The third-order valence-corrected chi connectivity index (χ3v) is 3.11. The Morgan fingerprint density at radius 1 is 1.11 bits per heavy atom. The molecule has 0 aliphatic carbocycles. The van der Waals surface area contributed by atoms with E-state index in [1.807, 2.05) is 6.07 Å². The largest absolute Gasteiger partial charge is 0.399 e. The summed E-state index contributed by atoms with van der Waals surface area (Å²) < 4.78 is 0. The van der Waals surface area contributed by atoms with E-state index in [9.17, 15) is 4.79 Å². The molecule has 0 heterocycles. The van der Waals surface area contributed by atoms with E-state index in [4.69, 9.17) is 11.5 Å². The molecule has 1 aromatic rings. The standard InChI is InChI=1S/C15H24N2O/c1-3-5-7-11-9-12(16)10-13(17)15(11)14(18)8-6-4-2/h9-10H,3-8,16-17H2,1-2H3. The fraction of sp³-hybridized carbons (Fsp3) is 0.533. The molecule has 3 nitrogen and oxygen atoms in total. The number of rotatable bonds is 7. The van der Waals surface area contributed by atoms with Gasteiger partial charge in [0.15, 0.2) is 5.78 Å². The molecule has 0 bridgehead atoms. The SMILES string of the molecule is CCCCC(=O)c1c(N)cc(N)cc1CCCC. The van der Waals surface area contributed by atoms with E-state index in [-0.39, 0.29) is 5.78 Å². The van der Waals surface area contributed by atoms with Crippen molar-refractivity contribution in [2.45, 2.75) is 52.4 Å². The van der Waals surface area contributed by atoms with E-state index in [2.05, 4.69) is 13.8 Å². The Labute approximate surface area is 110 Å². The van der Waals surface area contributed by atoms with Crippen LogP contribution in [0.1, 0.15) is 61.9 Å². The van der Waals surface area contributed by atoms with Gasteiger partial charge in [0.25, 0.3) is 0 Å². The van der Waals surface area contributed by atoms with E-state index in [1.165, 1.54) is 0 Å². The number of aryl methyl sites for hydroxylation is 1. The molecule has 100 valence electrons. The highest BCUT2D eigenvalue weighted by Crippen LogP contribution is 2.25. The summed E-state index contributed by atoms with van der Waals surface area (Å²) in [5.74, 6) is 0.153. The number of ketones is 1. The van der Waals surface area contributed by atoms with Gasteiger partial charge in [0.05, 0.1) is 0 Å². The van der Waals surface area contributed by atoms with Gasteiger partial charge in [-0.2, -0.15) is 0 Å². The molecule has 0 radical (unpaired) electrons. The van der Waals surface area contributed by atoms with Crippen LogP contribution in [-0.4, -0.2) is 5.78 Å². The van der Waals surface area contributed by atoms with Crippen molar-refractivity contribution < 1.29 is 4.79 Å². The van der Waals surface area contributed by atoms with Crippen molar-refractivity contribution in [2.75, 3.05) is 11.5 Å². The summed E-state index contributed by atoms with van der Waals surface area (Å²) >= 11 is 0. The highest BCUT2D eigenvalue weighted by atomic mass is 16.1. The smallest absolute Gasteiger partial charge is 0.165 e. The van der Waals surface area contributed by atoms with Crippen LogP contribution in [0.4, 0.5) is 11.4 Å². The zero-order valence-electron chi connectivity index (χ0n) is 11.5. The summed E-state index contributed by atoms with van der Waals surface area (Å²) in [5.41, 5.74) is 14.7. The summed E-state index contributed by atoms with van der Waals surface area (Å²) in [6.45, 7) is 4.21. The topological polar surface area (TPSA) is 69.1 Å².